The Morgan fingerprint density at radius 1 is 1.00 bits per heavy atom. The number of nitrogens with zero attached hydrogens (tertiary/aromatic N) is 4. The van der Waals surface area contributed by atoms with Gasteiger partial charge < -0.3 is 19.5 Å². The second-order valence-corrected chi connectivity index (χ2v) is 8.84. The first-order chi connectivity index (χ1) is 15.5. The highest BCUT2D eigenvalue weighted by Gasteiger charge is 2.22. The number of carbonyl (C=O) groups excluding carboxylic acids is 1. The Hall–Kier alpha value is -3.25. The van der Waals surface area contributed by atoms with Gasteiger partial charge in [-0.15, -0.1) is 0 Å². The molecule has 6 nitrogen and oxygen atoms in total. The fourth-order valence-corrected chi connectivity index (χ4v) is 4.53. The van der Waals surface area contributed by atoms with Crippen LogP contribution in [-0.2, 0) is 0 Å². The molecule has 32 heavy (non-hydrogen) atoms. The van der Waals surface area contributed by atoms with Crippen molar-refractivity contribution >= 4 is 45.7 Å². The van der Waals surface area contributed by atoms with Gasteiger partial charge in [0.25, 0.3) is 0 Å². The third-order valence-electron chi connectivity index (χ3n) is 6.12. The number of amides is 2. The van der Waals surface area contributed by atoms with E-state index in [1.807, 2.05) is 55.1 Å². The number of carbonyl (C=O) groups is 1. The first kappa shape index (κ1) is 20.6. The lowest BCUT2D eigenvalue weighted by Gasteiger charge is -2.24. The zero-order chi connectivity index (χ0) is 22.2. The number of aryl methyl sites for hydroxylation is 2. The molecule has 0 radical (unpaired) electrons. The van der Waals surface area contributed by atoms with Gasteiger partial charge in [-0.3, -0.25) is 0 Å². The van der Waals surface area contributed by atoms with Crippen LogP contribution in [0.1, 0.15) is 17.5 Å². The van der Waals surface area contributed by atoms with Gasteiger partial charge in [0.05, 0.1) is 16.6 Å². The molecule has 3 heterocycles. The van der Waals surface area contributed by atoms with Crippen molar-refractivity contribution in [2.45, 2.75) is 20.3 Å². The summed E-state index contributed by atoms with van der Waals surface area (Å²) in [6.45, 7) is 6.96. The molecule has 5 rings (SSSR count). The van der Waals surface area contributed by atoms with Crippen molar-refractivity contribution in [1.29, 1.82) is 0 Å². The summed E-state index contributed by atoms with van der Waals surface area (Å²) in [6.07, 6.45) is 2.93. The van der Waals surface area contributed by atoms with Crippen molar-refractivity contribution in [3.05, 3.63) is 70.9 Å². The summed E-state index contributed by atoms with van der Waals surface area (Å²) in [6, 6.07) is 16.0. The van der Waals surface area contributed by atoms with Crippen molar-refractivity contribution in [3.8, 4) is 0 Å². The van der Waals surface area contributed by atoms with Crippen LogP contribution >= 0.6 is 11.6 Å². The molecule has 0 aliphatic carbocycles. The topological polar surface area (TPSA) is 52.9 Å². The monoisotopic (exact) mass is 447 g/mol. The molecule has 1 aliphatic rings. The average Bonchev–Trinajstić information content (AvgIpc) is 3.13. The molecule has 0 unspecified atom stereocenters. The van der Waals surface area contributed by atoms with E-state index in [4.69, 9.17) is 16.6 Å². The number of halogens is 1. The van der Waals surface area contributed by atoms with Crippen molar-refractivity contribution in [3.63, 3.8) is 0 Å². The van der Waals surface area contributed by atoms with E-state index in [1.165, 1.54) is 0 Å². The molecule has 0 bridgehead atoms. The molecule has 4 aromatic rings. The lowest BCUT2D eigenvalue weighted by Crippen LogP contribution is -2.38. The van der Waals surface area contributed by atoms with Crippen LogP contribution in [0.5, 0.6) is 0 Å². The Kier molecular flexibility index (Phi) is 5.39. The lowest BCUT2D eigenvalue weighted by molar-refractivity contribution is 0.215. The number of aromatic nitrogens is 2. The second kappa shape index (κ2) is 8.36. The summed E-state index contributed by atoms with van der Waals surface area (Å²) in [5.41, 5.74) is 6.03. The minimum Gasteiger partial charge on any atom is -0.353 e. The SMILES string of the molecule is Cc1ccc(C)c(NC(=O)N2CCCN(c3nc4cc(Cl)ccc4n4cccc34)CC2)c1. The summed E-state index contributed by atoms with van der Waals surface area (Å²) in [7, 11) is 0. The molecular weight excluding hydrogens is 422 g/mol. The van der Waals surface area contributed by atoms with E-state index in [9.17, 15) is 4.79 Å². The van der Waals surface area contributed by atoms with E-state index >= 15 is 0 Å². The minimum absolute atomic E-state index is 0.0494. The van der Waals surface area contributed by atoms with E-state index < -0.39 is 0 Å². The number of nitrogens with one attached hydrogen (secondary N) is 1. The van der Waals surface area contributed by atoms with Crippen molar-refractivity contribution in [2.24, 2.45) is 0 Å². The van der Waals surface area contributed by atoms with Gasteiger partial charge in [-0.1, -0.05) is 23.7 Å². The van der Waals surface area contributed by atoms with E-state index in [2.05, 4.69) is 32.9 Å². The predicted molar refractivity (Wildman–Crippen MR) is 131 cm³/mol. The first-order valence-corrected chi connectivity index (χ1v) is 11.3. The molecule has 164 valence electrons. The summed E-state index contributed by atoms with van der Waals surface area (Å²) in [4.78, 5) is 22.1. The summed E-state index contributed by atoms with van der Waals surface area (Å²) in [5, 5.41) is 3.77. The second-order valence-electron chi connectivity index (χ2n) is 8.41. The quantitative estimate of drug-likeness (QED) is 0.441. The molecule has 0 spiro atoms. The molecule has 2 amide bonds. The number of benzene rings is 2. The maximum absolute atomic E-state index is 13.0. The Morgan fingerprint density at radius 2 is 1.88 bits per heavy atom. The van der Waals surface area contributed by atoms with Crippen LogP contribution in [0, 0.1) is 13.8 Å². The zero-order valence-corrected chi connectivity index (χ0v) is 19.1. The van der Waals surface area contributed by atoms with Gasteiger partial charge in [0, 0.05) is 43.1 Å². The number of anilines is 2. The number of hydrogen-bond acceptors (Lipinski definition) is 3. The Labute approximate surface area is 192 Å². The van der Waals surface area contributed by atoms with Crippen molar-refractivity contribution in [1.82, 2.24) is 14.3 Å². The summed E-state index contributed by atoms with van der Waals surface area (Å²) >= 11 is 6.24. The Bertz CT molecular complexity index is 1310. The van der Waals surface area contributed by atoms with Gasteiger partial charge in [0.1, 0.15) is 0 Å². The van der Waals surface area contributed by atoms with Gasteiger partial charge in [0.2, 0.25) is 0 Å². The fraction of sp³-hybridized carbons (Fsp3) is 0.280. The molecule has 2 aromatic heterocycles. The van der Waals surface area contributed by atoms with Gasteiger partial charge in [0.15, 0.2) is 5.82 Å². The Morgan fingerprint density at radius 3 is 2.75 bits per heavy atom. The summed E-state index contributed by atoms with van der Waals surface area (Å²) < 4.78 is 2.16. The number of fused-ring (bicyclic) bond motifs is 3. The molecule has 1 fully saturated rings. The van der Waals surface area contributed by atoms with Gasteiger partial charge in [-0.05, 0) is 67.8 Å². The lowest BCUT2D eigenvalue weighted by atomic mass is 10.1. The number of hydrogen-bond donors (Lipinski definition) is 1. The third-order valence-corrected chi connectivity index (χ3v) is 6.35. The molecule has 1 aliphatic heterocycles. The van der Waals surface area contributed by atoms with Crippen LogP contribution < -0.4 is 10.2 Å². The maximum Gasteiger partial charge on any atom is 0.321 e. The maximum atomic E-state index is 13.0. The fourth-order valence-electron chi connectivity index (χ4n) is 4.36. The van der Waals surface area contributed by atoms with Crippen LogP contribution in [0.15, 0.2) is 54.7 Å². The highest BCUT2D eigenvalue weighted by atomic mass is 35.5. The number of rotatable bonds is 2. The van der Waals surface area contributed by atoms with E-state index in [0.717, 1.165) is 58.7 Å². The first-order valence-electron chi connectivity index (χ1n) is 10.9. The molecule has 0 saturated carbocycles. The highest BCUT2D eigenvalue weighted by Crippen LogP contribution is 2.28. The molecular formula is C25H26ClN5O. The van der Waals surface area contributed by atoms with Crippen LogP contribution in [0.25, 0.3) is 16.6 Å². The average molecular weight is 448 g/mol. The van der Waals surface area contributed by atoms with E-state index in [1.54, 1.807) is 0 Å². The van der Waals surface area contributed by atoms with Gasteiger partial charge in [-0.2, -0.15) is 0 Å². The van der Waals surface area contributed by atoms with Gasteiger partial charge >= 0.3 is 6.03 Å². The van der Waals surface area contributed by atoms with Gasteiger partial charge in [-0.25, -0.2) is 9.78 Å². The van der Waals surface area contributed by atoms with Crippen molar-refractivity contribution in [2.75, 3.05) is 36.4 Å². The third kappa shape index (κ3) is 3.86. The molecule has 0 atom stereocenters. The largest absolute Gasteiger partial charge is 0.353 e. The highest BCUT2D eigenvalue weighted by molar-refractivity contribution is 6.31. The normalized spacial score (nSPS) is 14.7. The molecule has 7 heteroatoms. The van der Waals surface area contributed by atoms with Crippen LogP contribution in [0.3, 0.4) is 0 Å². The zero-order valence-electron chi connectivity index (χ0n) is 18.3. The Balaban J connectivity index is 1.38. The van der Waals surface area contributed by atoms with E-state index in [-0.39, 0.29) is 6.03 Å². The summed E-state index contributed by atoms with van der Waals surface area (Å²) in [5.74, 6) is 0.932. The molecule has 1 N–H and O–H groups in total. The van der Waals surface area contributed by atoms with Crippen LogP contribution in [-0.4, -0.2) is 46.5 Å². The minimum atomic E-state index is -0.0494. The predicted octanol–water partition coefficient (Wildman–Crippen LogP) is 5.50. The van der Waals surface area contributed by atoms with Crippen LogP contribution in [0.4, 0.5) is 16.3 Å². The molecule has 2 aromatic carbocycles. The van der Waals surface area contributed by atoms with Crippen molar-refractivity contribution < 1.29 is 4.79 Å². The smallest absolute Gasteiger partial charge is 0.321 e. The molecule has 1 saturated heterocycles. The number of urea groups is 1. The standard InChI is InChI=1S/C25H26ClN5O/c1-17-6-7-18(2)20(15-17)28-25(32)30-11-4-10-29(13-14-30)24-23-5-3-12-31(23)22-9-8-19(26)16-21(22)27-24/h3,5-9,12,15-16H,4,10-11,13-14H2,1-2H3,(H,28,32). The van der Waals surface area contributed by atoms with E-state index in [0.29, 0.717) is 18.1 Å². The van der Waals surface area contributed by atoms with Crippen LogP contribution in [0.2, 0.25) is 5.02 Å².